The van der Waals surface area contributed by atoms with Crippen LogP contribution in [0.25, 0.3) is 0 Å². The first kappa shape index (κ1) is 19.8. The van der Waals surface area contributed by atoms with Crippen molar-refractivity contribution in [1.29, 1.82) is 0 Å². The second-order valence-electron chi connectivity index (χ2n) is 7.20. The monoisotopic (exact) mass is 366 g/mol. The zero-order valence-corrected chi connectivity index (χ0v) is 16.3. The van der Waals surface area contributed by atoms with Gasteiger partial charge in [-0.3, -0.25) is 9.10 Å². The SMILES string of the molecule is CC(C)c1ccccc1N(CCC(=O)NC1CCCCC1)S(C)(=O)=O. The van der Waals surface area contributed by atoms with Crippen molar-refractivity contribution in [3.8, 4) is 0 Å². The molecule has 25 heavy (non-hydrogen) atoms. The minimum atomic E-state index is -3.45. The minimum Gasteiger partial charge on any atom is -0.353 e. The summed E-state index contributed by atoms with van der Waals surface area (Å²) in [5, 5.41) is 3.05. The number of carbonyl (C=O) groups is 1. The third-order valence-electron chi connectivity index (χ3n) is 4.74. The minimum absolute atomic E-state index is 0.0671. The Kier molecular flexibility index (Phi) is 6.87. The number of nitrogens with one attached hydrogen (secondary N) is 1. The van der Waals surface area contributed by atoms with Crippen molar-refractivity contribution in [2.45, 2.75) is 64.3 Å². The number of benzene rings is 1. The molecule has 2 rings (SSSR count). The topological polar surface area (TPSA) is 66.5 Å². The molecule has 0 aromatic heterocycles. The van der Waals surface area contributed by atoms with Gasteiger partial charge in [-0.25, -0.2) is 8.42 Å². The highest BCUT2D eigenvalue weighted by molar-refractivity contribution is 7.92. The number of para-hydroxylation sites is 1. The van der Waals surface area contributed by atoms with Gasteiger partial charge in [0.2, 0.25) is 15.9 Å². The molecule has 0 atom stereocenters. The van der Waals surface area contributed by atoms with E-state index in [1.807, 2.05) is 38.1 Å². The highest BCUT2D eigenvalue weighted by Gasteiger charge is 2.23. The molecule has 1 aromatic carbocycles. The van der Waals surface area contributed by atoms with Gasteiger partial charge in [0, 0.05) is 19.0 Å². The number of hydrogen-bond acceptors (Lipinski definition) is 3. The largest absolute Gasteiger partial charge is 0.353 e. The number of amides is 1. The summed E-state index contributed by atoms with van der Waals surface area (Å²) in [6.45, 7) is 4.24. The fourth-order valence-corrected chi connectivity index (χ4v) is 4.36. The Morgan fingerprint density at radius 2 is 1.84 bits per heavy atom. The Balaban J connectivity index is 2.08. The molecule has 6 heteroatoms. The van der Waals surface area contributed by atoms with E-state index in [0.29, 0.717) is 5.69 Å². The van der Waals surface area contributed by atoms with Crippen molar-refractivity contribution in [3.05, 3.63) is 29.8 Å². The van der Waals surface area contributed by atoms with E-state index < -0.39 is 10.0 Å². The molecule has 5 nitrogen and oxygen atoms in total. The van der Waals surface area contributed by atoms with Gasteiger partial charge in [0.1, 0.15) is 0 Å². The Morgan fingerprint density at radius 3 is 2.44 bits per heavy atom. The lowest BCUT2D eigenvalue weighted by atomic mass is 9.95. The van der Waals surface area contributed by atoms with Gasteiger partial charge in [0.05, 0.1) is 11.9 Å². The van der Waals surface area contributed by atoms with Crippen LogP contribution in [0, 0.1) is 0 Å². The Labute approximate surface area is 151 Å². The molecule has 1 saturated carbocycles. The molecule has 0 bridgehead atoms. The molecule has 0 spiro atoms. The summed E-state index contributed by atoms with van der Waals surface area (Å²) < 4.78 is 26.0. The molecule has 1 aliphatic rings. The van der Waals surface area contributed by atoms with Crippen LogP contribution in [0.3, 0.4) is 0 Å². The third-order valence-corrected chi connectivity index (χ3v) is 5.92. The maximum Gasteiger partial charge on any atom is 0.232 e. The standard InChI is InChI=1S/C19H30N2O3S/c1-15(2)17-11-7-8-12-18(17)21(25(3,23)24)14-13-19(22)20-16-9-5-4-6-10-16/h7-8,11-12,15-16H,4-6,9-10,13-14H2,1-3H3,(H,20,22). The smallest absolute Gasteiger partial charge is 0.232 e. The van der Waals surface area contributed by atoms with Crippen molar-refractivity contribution in [1.82, 2.24) is 5.32 Å². The van der Waals surface area contributed by atoms with Gasteiger partial charge < -0.3 is 5.32 Å². The molecular weight excluding hydrogens is 336 g/mol. The van der Waals surface area contributed by atoms with Crippen LogP contribution in [-0.2, 0) is 14.8 Å². The number of hydrogen-bond donors (Lipinski definition) is 1. The van der Waals surface area contributed by atoms with Crippen molar-refractivity contribution in [2.24, 2.45) is 0 Å². The summed E-state index contributed by atoms with van der Waals surface area (Å²) in [4.78, 5) is 12.3. The fraction of sp³-hybridized carbons (Fsp3) is 0.632. The zero-order chi connectivity index (χ0) is 18.4. The van der Waals surface area contributed by atoms with Crippen LogP contribution in [0.1, 0.15) is 63.9 Å². The Morgan fingerprint density at radius 1 is 1.20 bits per heavy atom. The lowest BCUT2D eigenvalue weighted by Gasteiger charge is -2.27. The number of carbonyl (C=O) groups excluding carboxylic acids is 1. The molecule has 1 aromatic rings. The summed E-state index contributed by atoms with van der Waals surface area (Å²) >= 11 is 0. The van der Waals surface area contributed by atoms with Crippen molar-refractivity contribution >= 4 is 21.6 Å². The lowest BCUT2D eigenvalue weighted by Crippen LogP contribution is -2.39. The van der Waals surface area contributed by atoms with Gasteiger partial charge in [-0.2, -0.15) is 0 Å². The first-order valence-corrected chi connectivity index (χ1v) is 11.0. The van der Waals surface area contributed by atoms with E-state index >= 15 is 0 Å². The van der Waals surface area contributed by atoms with E-state index in [4.69, 9.17) is 0 Å². The predicted molar refractivity (Wildman–Crippen MR) is 102 cm³/mol. The van der Waals surface area contributed by atoms with E-state index in [-0.39, 0.29) is 30.8 Å². The quantitative estimate of drug-likeness (QED) is 0.804. The maximum atomic E-state index is 12.3. The van der Waals surface area contributed by atoms with Crippen LogP contribution in [-0.4, -0.2) is 33.2 Å². The van der Waals surface area contributed by atoms with Crippen LogP contribution >= 0.6 is 0 Å². The summed E-state index contributed by atoms with van der Waals surface area (Å²) in [6, 6.07) is 7.75. The molecule has 0 saturated heterocycles. The fourth-order valence-electron chi connectivity index (χ4n) is 3.42. The van der Waals surface area contributed by atoms with Crippen LogP contribution in [0.2, 0.25) is 0 Å². The number of rotatable bonds is 7. The number of sulfonamides is 1. The summed E-state index contributed by atoms with van der Waals surface area (Å²) in [7, 11) is -3.45. The van der Waals surface area contributed by atoms with Gasteiger partial charge in [-0.1, -0.05) is 51.3 Å². The van der Waals surface area contributed by atoms with Gasteiger partial charge in [0.25, 0.3) is 0 Å². The van der Waals surface area contributed by atoms with E-state index in [1.54, 1.807) is 0 Å². The maximum absolute atomic E-state index is 12.3. The summed E-state index contributed by atoms with van der Waals surface area (Å²) in [6.07, 6.45) is 6.97. The van der Waals surface area contributed by atoms with Crippen LogP contribution < -0.4 is 9.62 Å². The molecular formula is C19H30N2O3S. The Bertz CT molecular complexity index is 680. The van der Waals surface area contributed by atoms with Gasteiger partial charge in [0.15, 0.2) is 0 Å². The van der Waals surface area contributed by atoms with Crippen LogP contribution in [0.5, 0.6) is 0 Å². The average molecular weight is 367 g/mol. The predicted octanol–water partition coefficient (Wildman–Crippen LogP) is 3.42. The third kappa shape index (κ3) is 5.73. The normalized spacial score (nSPS) is 16.0. The van der Waals surface area contributed by atoms with Gasteiger partial charge >= 0.3 is 0 Å². The van der Waals surface area contributed by atoms with Crippen molar-refractivity contribution in [3.63, 3.8) is 0 Å². The first-order chi connectivity index (χ1) is 11.8. The Hall–Kier alpha value is -1.56. The molecule has 140 valence electrons. The van der Waals surface area contributed by atoms with Crippen LogP contribution in [0.15, 0.2) is 24.3 Å². The van der Waals surface area contributed by atoms with Crippen molar-refractivity contribution in [2.75, 3.05) is 17.1 Å². The number of anilines is 1. The second-order valence-corrected chi connectivity index (χ2v) is 9.11. The molecule has 0 aliphatic heterocycles. The molecule has 0 radical (unpaired) electrons. The molecule has 1 amide bonds. The molecule has 0 heterocycles. The number of nitrogens with zero attached hydrogens (tertiary/aromatic N) is 1. The van der Waals surface area contributed by atoms with E-state index in [1.165, 1.54) is 17.0 Å². The molecule has 0 unspecified atom stereocenters. The average Bonchev–Trinajstić information content (AvgIpc) is 2.55. The molecule has 1 aliphatic carbocycles. The van der Waals surface area contributed by atoms with E-state index in [0.717, 1.165) is 31.2 Å². The molecule has 1 fully saturated rings. The van der Waals surface area contributed by atoms with Crippen molar-refractivity contribution < 1.29 is 13.2 Å². The van der Waals surface area contributed by atoms with Crippen LogP contribution in [0.4, 0.5) is 5.69 Å². The highest BCUT2D eigenvalue weighted by atomic mass is 32.2. The summed E-state index contributed by atoms with van der Waals surface area (Å²) in [5.41, 5.74) is 1.64. The van der Waals surface area contributed by atoms with Gasteiger partial charge in [-0.15, -0.1) is 0 Å². The molecule has 1 N–H and O–H groups in total. The zero-order valence-electron chi connectivity index (χ0n) is 15.5. The highest BCUT2D eigenvalue weighted by Crippen LogP contribution is 2.29. The summed E-state index contributed by atoms with van der Waals surface area (Å²) in [5.74, 6) is 0.138. The lowest BCUT2D eigenvalue weighted by molar-refractivity contribution is -0.121. The first-order valence-electron chi connectivity index (χ1n) is 9.15. The van der Waals surface area contributed by atoms with Gasteiger partial charge in [-0.05, 0) is 30.4 Å². The van der Waals surface area contributed by atoms with E-state index in [9.17, 15) is 13.2 Å². The second kappa shape index (κ2) is 8.70. The van der Waals surface area contributed by atoms with E-state index in [2.05, 4.69) is 5.32 Å².